The maximum Gasteiger partial charge on any atom is 0.416 e. The molecule has 2 N–H and O–H groups in total. The highest BCUT2D eigenvalue weighted by molar-refractivity contribution is 5.89. The van der Waals surface area contributed by atoms with Crippen LogP contribution in [-0.4, -0.2) is 89.1 Å². The molecule has 36 heavy (non-hydrogen) atoms. The maximum atomic E-state index is 14.4. The molecule has 2 aromatic rings. The minimum Gasteiger partial charge on any atom is -0.465 e. The van der Waals surface area contributed by atoms with Gasteiger partial charge in [0, 0.05) is 45.9 Å². The number of carbonyl (C=O) groups is 2. The molecular formula is C24H31FN6O5. The van der Waals surface area contributed by atoms with Crippen molar-refractivity contribution in [2.24, 2.45) is 0 Å². The molecule has 0 saturated carbocycles. The van der Waals surface area contributed by atoms with E-state index in [2.05, 4.69) is 20.2 Å². The predicted octanol–water partition coefficient (Wildman–Crippen LogP) is 2.94. The zero-order chi connectivity index (χ0) is 25.8. The fraction of sp³-hybridized carbons (Fsp3) is 0.500. The van der Waals surface area contributed by atoms with Crippen LogP contribution >= 0.6 is 0 Å². The van der Waals surface area contributed by atoms with E-state index in [1.165, 1.54) is 16.9 Å². The van der Waals surface area contributed by atoms with Crippen LogP contribution in [0.1, 0.15) is 31.0 Å². The zero-order valence-corrected chi connectivity index (χ0v) is 20.6. The third-order valence-electron chi connectivity index (χ3n) is 6.62. The number of carbonyl (C=O) groups excluding carboxylic acids is 1. The average molecular weight is 503 g/mol. The van der Waals surface area contributed by atoms with Crippen LogP contribution in [-0.2, 0) is 16.0 Å². The molecule has 0 aliphatic carbocycles. The average Bonchev–Trinajstić information content (AvgIpc) is 3.25. The number of cyclic esters (lactones) is 1. The van der Waals surface area contributed by atoms with Crippen LogP contribution in [0.4, 0.5) is 25.7 Å². The molecule has 0 bridgehead atoms. The van der Waals surface area contributed by atoms with Crippen LogP contribution < -0.4 is 10.2 Å². The van der Waals surface area contributed by atoms with Crippen LogP contribution in [0.25, 0.3) is 0 Å². The molecule has 2 aliphatic heterocycles. The summed E-state index contributed by atoms with van der Waals surface area (Å²) in [6.07, 6.45) is -1.81. The number of halogens is 1. The number of nitrogens with one attached hydrogen (secondary N) is 1. The molecule has 2 fully saturated rings. The Hall–Kier alpha value is -3.51. The van der Waals surface area contributed by atoms with Crippen molar-refractivity contribution in [1.82, 2.24) is 19.8 Å². The Morgan fingerprint density at radius 3 is 2.56 bits per heavy atom. The topological polar surface area (TPSA) is 120 Å². The number of methoxy groups -OCH3 is 1. The first-order valence-electron chi connectivity index (χ1n) is 11.8. The number of aromatic nitrogens is 2. The Balaban J connectivity index is 1.40. The summed E-state index contributed by atoms with van der Waals surface area (Å²) in [4.78, 5) is 36.5. The number of ether oxygens (including phenoxy) is 2. The largest absolute Gasteiger partial charge is 0.465 e. The second-order valence-corrected chi connectivity index (χ2v) is 8.98. The number of anilines is 2. The van der Waals surface area contributed by atoms with Crippen molar-refractivity contribution in [3.05, 3.63) is 47.4 Å². The highest BCUT2D eigenvalue weighted by atomic mass is 19.1. The van der Waals surface area contributed by atoms with E-state index in [0.29, 0.717) is 26.2 Å². The van der Waals surface area contributed by atoms with Gasteiger partial charge in [-0.15, -0.1) is 0 Å². The third kappa shape index (κ3) is 5.82. The summed E-state index contributed by atoms with van der Waals surface area (Å²) in [7, 11) is 1.53. The molecule has 1 aromatic heterocycles. The summed E-state index contributed by atoms with van der Waals surface area (Å²) in [5, 5.41) is 12.2. The number of hydrogen-bond donors (Lipinski definition) is 2. The number of rotatable bonds is 8. The second kappa shape index (κ2) is 11.0. The van der Waals surface area contributed by atoms with Crippen LogP contribution in [0, 0.1) is 5.95 Å². The van der Waals surface area contributed by atoms with E-state index in [9.17, 15) is 14.0 Å². The summed E-state index contributed by atoms with van der Waals surface area (Å²) in [6.45, 7) is 6.97. The smallest absolute Gasteiger partial charge is 0.416 e. The van der Waals surface area contributed by atoms with Gasteiger partial charge in [0.05, 0.1) is 12.1 Å². The Bertz CT molecular complexity index is 1080. The van der Waals surface area contributed by atoms with E-state index >= 15 is 0 Å². The van der Waals surface area contributed by atoms with Crippen LogP contribution in [0.15, 0.2) is 30.3 Å². The molecule has 2 saturated heterocycles. The van der Waals surface area contributed by atoms with Crippen molar-refractivity contribution in [2.75, 3.05) is 50.1 Å². The van der Waals surface area contributed by atoms with Crippen molar-refractivity contribution in [3.8, 4) is 0 Å². The molecule has 11 nitrogen and oxygen atoms in total. The number of piperazine rings is 1. The standard InChI is InChI=1S/C24H31FN6O5/c1-15(18-6-4-17(5-7-18)13-29-8-10-30(11-9-29)23(32)33)26-22-27-20(25)12-21(28-22)31-19(16(2)35-3)14-36-24(31)34/h4-7,12,15-16,19H,8-11,13-14H2,1-3H3,(H,32,33)(H,26,27,28)/t15-,16+,19?/m0/s1. The minimum atomic E-state index is -0.875. The molecule has 0 spiro atoms. The van der Waals surface area contributed by atoms with Gasteiger partial charge in [0.25, 0.3) is 0 Å². The van der Waals surface area contributed by atoms with Crippen molar-refractivity contribution in [3.63, 3.8) is 0 Å². The number of benzene rings is 1. The molecule has 194 valence electrons. The fourth-order valence-electron chi connectivity index (χ4n) is 4.34. The predicted molar refractivity (Wildman–Crippen MR) is 129 cm³/mol. The van der Waals surface area contributed by atoms with Crippen molar-refractivity contribution in [1.29, 1.82) is 0 Å². The van der Waals surface area contributed by atoms with Gasteiger partial charge >= 0.3 is 12.2 Å². The third-order valence-corrected chi connectivity index (χ3v) is 6.62. The quantitative estimate of drug-likeness (QED) is 0.525. The van der Waals surface area contributed by atoms with E-state index in [0.717, 1.165) is 23.7 Å². The molecule has 1 aromatic carbocycles. The fourth-order valence-corrected chi connectivity index (χ4v) is 4.34. The molecule has 12 heteroatoms. The summed E-state index contributed by atoms with van der Waals surface area (Å²) < 4.78 is 24.8. The summed E-state index contributed by atoms with van der Waals surface area (Å²) in [5.74, 6) is -0.607. The second-order valence-electron chi connectivity index (χ2n) is 8.98. The van der Waals surface area contributed by atoms with Gasteiger partial charge in [-0.05, 0) is 25.0 Å². The highest BCUT2D eigenvalue weighted by Crippen LogP contribution is 2.26. The van der Waals surface area contributed by atoms with E-state index in [-0.39, 0.29) is 30.5 Å². The van der Waals surface area contributed by atoms with E-state index in [1.807, 2.05) is 31.2 Å². The first-order chi connectivity index (χ1) is 17.2. The van der Waals surface area contributed by atoms with Gasteiger partial charge in [-0.25, -0.2) is 9.59 Å². The normalized spacial score (nSPS) is 20.2. The lowest BCUT2D eigenvalue weighted by atomic mass is 10.1. The van der Waals surface area contributed by atoms with Crippen molar-refractivity contribution >= 4 is 24.0 Å². The zero-order valence-electron chi connectivity index (χ0n) is 20.6. The summed E-state index contributed by atoms with van der Waals surface area (Å²) >= 11 is 0. The SMILES string of the molecule is CO[C@H](C)C1COC(=O)N1c1cc(F)nc(N[C@@H](C)c2ccc(CN3CCN(C(=O)O)CC3)cc2)n1. The molecule has 2 aliphatic rings. The van der Waals surface area contributed by atoms with Gasteiger partial charge in [0.1, 0.15) is 18.5 Å². The van der Waals surface area contributed by atoms with Gasteiger partial charge in [-0.2, -0.15) is 14.4 Å². The van der Waals surface area contributed by atoms with Crippen molar-refractivity contribution in [2.45, 2.75) is 38.6 Å². The number of nitrogens with zero attached hydrogens (tertiary/aromatic N) is 5. The summed E-state index contributed by atoms with van der Waals surface area (Å²) in [5.41, 5.74) is 2.07. The van der Waals surface area contributed by atoms with Gasteiger partial charge in [0.2, 0.25) is 11.9 Å². The van der Waals surface area contributed by atoms with Gasteiger partial charge in [-0.3, -0.25) is 9.80 Å². The van der Waals surface area contributed by atoms with Crippen molar-refractivity contribution < 1.29 is 28.6 Å². The maximum absolute atomic E-state index is 14.4. The lowest BCUT2D eigenvalue weighted by Crippen LogP contribution is -2.47. The van der Waals surface area contributed by atoms with E-state index in [4.69, 9.17) is 14.6 Å². The lowest BCUT2D eigenvalue weighted by Gasteiger charge is -2.33. The molecule has 3 heterocycles. The van der Waals surface area contributed by atoms with Gasteiger partial charge < -0.3 is 24.8 Å². The molecule has 1 unspecified atom stereocenters. The number of amides is 2. The van der Waals surface area contributed by atoms with Crippen LogP contribution in [0.2, 0.25) is 0 Å². The molecule has 4 rings (SSSR count). The molecular weight excluding hydrogens is 471 g/mol. The Labute approximate surface area is 208 Å². The first kappa shape index (κ1) is 25.6. The first-order valence-corrected chi connectivity index (χ1v) is 11.8. The van der Waals surface area contributed by atoms with Gasteiger partial charge in [-0.1, -0.05) is 24.3 Å². The highest BCUT2D eigenvalue weighted by Gasteiger charge is 2.39. The number of hydrogen-bond acceptors (Lipinski definition) is 8. The lowest BCUT2D eigenvalue weighted by molar-refractivity contribution is 0.0881. The van der Waals surface area contributed by atoms with Crippen LogP contribution in [0.5, 0.6) is 0 Å². The van der Waals surface area contributed by atoms with E-state index in [1.54, 1.807) is 6.92 Å². The van der Waals surface area contributed by atoms with Crippen LogP contribution in [0.3, 0.4) is 0 Å². The Morgan fingerprint density at radius 2 is 1.92 bits per heavy atom. The monoisotopic (exact) mass is 502 g/mol. The summed E-state index contributed by atoms with van der Waals surface area (Å²) in [6, 6.07) is 8.44. The minimum absolute atomic E-state index is 0.0568. The molecule has 3 atom stereocenters. The van der Waals surface area contributed by atoms with Gasteiger partial charge in [0.15, 0.2) is 0 Å². The molecule has 0 radical (unpaired) electrons. The Morgan fingerprint density at radius 1 is 1.22 bits per heavy atom. The number of carboxylic acid groups (broad SMARTS) is 1. The molecule has 2 amide bonds. The Kier molecular flexibility index (Phi) is 7.85. The van der Waals surface area contributed by atoms with E-state index < -0.39 is 24.2 Å².